The van der Waals surface area contributed by atoms with Gasteiger partial charge in [-0.15, -0.1) is 0 Å². The van der Waals surface area contributed by atoms with E-state index < -0.39 is 0 Å². The molecule has 0 aliphatic heterocycles. The molecule has 0 heterocycles. The average molecular weight is 439 g/mol. The molecule has 0 bridgehead atoms. The van der Waals surface area contributed by atoms with Gasteiger partial charge in [0.2, 0.25) is 0 Å². The maximum atomic E-state index is 8.58. The molecule has 178 valence electrons. The van der Waals surface area contributed by atoms with Crippen molar-refractivity contribution >= 4 is 0 Å². The van der Waals surface area contributed by atoms with Gasteiger partial charge in [0.15, 0.2) is 0 Å². The molecule has 0 atom stereocenters. The second-order valence-electron chi connectivity index (χ2n) is 7.99. The number of ether oxygens (including phenoxy) is 5. The minimum absolute atomic E-state index is 0.0427. The Morgan fingerprint density at radius 1 is 0.645 bits per heavy atom. The van der Waals surface area contributed by atoms with Gasteiger partial charge in [-0.2, -0.15) is 0 Å². The zero-order chi connectivity index (χ0) is 21.8. The van der Waals surface area contributed by atoms with Gasteiger partial charge in [0, 0.05) is 0 Å². The third-order valence-corrected chi connectivity index (χ3v) is 5.53. The molecule has 0 unspecified atom stereocenters. The first kappa shape index (κ1) is 26.1. The highest BCUT2D eigenvalue weighted by Gasteiger charge is 2.13. The lowest BCUT2D eigenvalue weighted by Gasteiger charge is -2.17. The number of hydrogen-bond donors (Lipinski definition) is 1. The van der Waals surface area contributed by atoms with Crippen molar-refractivity contribution < 1.29 is 28.8 Å². The van der Waals surface area contributed by atoms with Crippen LogP contribution in [-0.2, 0) is 18.9 Å². The van der Waals surface area contributed by atoms with E-state index in [4.69, 9.17) is 28.8 Å². The van der Waals surface area contributed by atoms with Crippen molar-refractivity contribution in [2.75, 3.05) is 66.1 Å². The molecule has 1 saturated carbocycles. The highest BCUT2D eigenvalue weighted by atomic mass is 16.6. The monoisotopic (exact) mass is 438 g/mol. The minimum Gasteiger partial charge on any atom is -0.491 e. The lowest BCUT2D eigenvalue weighted by molar-refractivity contribution is -0.00779. The summed E-state index contributed by atoms with van der Waals surface area (Å²) in [7, 11) is 0. The predicted octanol–water partition coefficient (Wildman–Crippen LogP) is 4.34. The summed E-state index contributed by atoms with van der Waals surface area (Å²) in [6, 6.07) is 8.64. The van der Waals surface area contributed by atoms with Crippen LogP contribution in [-0.4, -0.2) is 71.2 Å². The van der Waals surface area contributed by atoms with E-state index in [2.05, 4.69) is 18.2 Å². The van der Waals surface area contributed by atoms with Crippen LogP contribution in [0, 0.1) is 0 Å². The van der Waals surface area contributed by atoms with Crippen LogP contribution in [0.15, 0.2) is 24.3 Å². The van der Waals surface area contributed by atoms with Crippen LogP contribution in [0.2, 0.25) is 0 Å². The second-order valence-corrected chi connectivity index (χ2v) is 7.99. The van der Waals surface area contributed by atoms with E-state index in [0.717, 1.165) is 5.75 Å². The van der Waals surface area contributed by atoms with Crippen molar-refractivity contribution in [3.8, 4) is 5.75 Å². The van der Waals surface area contributed by atoms with Crippen LogP contribution in [0.25, 0.3) is 0 Å². The highest BCUT2D eigenvalue weighted by Crippen LogP contribution is 2.31. The first-order valence-corrected chi connectivity index (χ1v) is 12.0. The van der Waals surface area contributed by atoms with E-state index in [1.165, 1.54) is 56.9 Å². The van der Waals surface area contributed by atoms with Gasteiger partial charge in [-0.05, 0) is 36.5 Å². The zero-order valence-electron chi connectivity index (χ0n) is 19.1. The van der Waals surface area contributed by atoms with Gasteiger partial charge in [-0.3, -0.25) is 0 Å². The molecule has 0 aromatic heterocycles. The summed E-state index contributed by atoms with van der Waals surface area (Å²) in [6.07, 6.45) is 10.8. The van der Waals surface area contributed by atoms with Crippen LogP contribution in [0.4, 0.5) is 0 Å². The molecule has 2 rings (SSSR count). The Hall–Kier alpha value is -1.18. The smallest absolute Gasteiger partial charge is 0.119 e. The summed E-state index contributed by atoms with van der Waals surface area (Å²) in [5.74, 6) is 1.62. The fourth-order valence-corrected chi connectivity index (χ4v) is 3.87. The number of aliphatic hydroxyl groups excluding tert-OH is 1. The molecule has 1 aliphatic carbocycles. The molecule has 1 aromatic rings. The summed E-state index contributed by atoms with van der Waals surface area (Å²) in [5.41, 5.74) is 1.43. The maximum absolute atomic E-state index is 8.58. The summed E-state index contributed by atoms with van der Waals surface area (Å²) >= 11 is 0. The first-order valence-electron chi connectivity index (χ1n) is 12.0. The van der Waals surface area contributed by atoms with Crippen molar-refractivity contribution in [3.05, 3.63) is 29.8 Å². The fraction of sp³-hybridized carbons (Fsp3) is 0.760. The van der Waals surface area contributed by atoms with Crippen molar-refractivity contribution in [1.29, 1.82) is 0 Å². The quantitative estimate of drug-likeness (QED) is 0.387. The molecular formula is C25H42O6. The van der Waals surface area contributed by atoms with Crippen molar-refractivity contribution in [1.82, 2.24) is 0 Å². The SMILES string of the molecule is OCCOCCOCCOCCOCCOc1cccc(C2CCCCCCCC2)c1. The van der Waals surface area contributed by atoms with Gasteiger partial charge in [-0.1, -0.05) is 50.7 Å². The molecule has 0 radical (unpaired) electrons. The number of hydrogen-bond acceptors (Lipinski definition) is 6. The van der Waals surface area contributed by atoms with Crippen molar-refractivity contribution in [2.45, 2.75) is 57.3 Å². The first-order chi connectivity index (χ1) is 15.4. The van der Waals surface area contributed by atoms with Crippen LogP contribution in [0.3, 0.4) is 0 Å². The summed E-state index contributed by atoms with van der Waals surface area (Å²) in [6.45, 7) is 4.66. The van der Waals surface area contributed by atoms with Crippen LogP contribution >= 0.6 is 0 Å². The Kier molecular flexibility index (Phi) is 15.5. The molecular weight excluding hydrogens is 396 g/mol. The average Bonchev–Trinajstić information content (AvgIpc) is 2.94. The third kappa shape index (κ3) is 13.1. The van der Waals surface area contributed by atoms with Gasteiger partial charge >= 0.3 is 0 Å². The van der Waals surface area contributed by atoms with E-state index in [1.807, 2.05) is 6.07 Å². The van der Waals surface area contributed by atoms with Gasteiger partial charge < -0.3 is 28.8 Å². The third-order valence-electron chi connectivity index (χ3n) is 5.53. The molecule has 0 amide bonds. The molecule has 6 nitrogen and oxygen atoms in total. The molecule has 31 heavy (non-hydrogen) atoms. The summed E-state index contributed by atoms with van der Waals surface area (Å²) < 4.78 is 27.4. The van der Waals surface area contributed by atoms with Crippen LogP contribution in [0.1, 0.15) is 62.8 Å². The van der Waals surface area contributed by atoms with Crippen molar-refractivity contribution in [3.63, 3.8) is 0 Å². The predicted molar refractivity (Wildman–Crippen MR) is 122 cm³/mol. The highest BCUT2D eigenvalue weighted by molar-refractivity contribution is 5.31. The summed E-state index contributed by atoms with van der Waals surface area (Å²) in [4.78, 5) is 0. The zero-order valence-corrected chi connectivity index (χ0v) is 19.1. The lowest BCUT2D eigenvalue weighted by Crippen LogP contribution is -2.14. The van der Waals surface area contributed by atoms with E-state index in [-0.39, 0.29) is 6.61 Å². The Morgan fingerprint density at radius 2 is 1.16 bits per heavy atom. The molecule has 0 saturated heterocycles. The lowest BCUT2D eigenvalue weighted by atomic mass is 9.89. The van der Waals surface area contributed by atoms with E-state index in [0.29, 0.717) is 65.4 Å². The van der Waals surface area contributed by atoms with E-state index in [1.54, 1.807) is 0 Å². The largest absolute Gasteiger partial charge is 0.491 e. The van der Waals surface area contributed by atoms with Gasteiger partial charge in [-0.25, -0.2) is 0 Å². The van der Waals surface area contributed by atoms with E-state index in [9.17, 15) is 0 Å². The Balaban J connectivity index is 1.48. The van der Waals surface area contributed by atoms with Gasteiger partial charge in [0.05, 0.1) is 59.5 Å². The Labute approximate surface area is 188 Å². The standard InChI is InChI=1S/C25H42O6/c26-12-13-27-14-15-28-16-17-29-18-19-30-20-21-31-25-11-7-10-24(22-25)23-8-5-3-1-2-4-6-9-23/h7,10-11,22-23,26H,1-6,8-9,12-21H2. The Morgan fingerprint density at radius 3 is 1.74 bits per heavy atom. The fourth-order valence-electron chi connectivity index (χ4n) is 3.87. The number of benzene rings is 1. The number of rotatable bonds is 16. The Bertz CT molecular complexity index is 528. The molecule has 1 N–H and O–H groups in total. The number of aliphatic hydroxyl groups is 1. The summed E-state index contributed by atoms with van der Waals surface area (Å²) in [5, 5.41) is 8.58. The minimum atomic E-state index is 0.0427. The topological polar surface area (TPSA) is 66.4 Å². The maximum Gasteiger partial charge on any atom is 0.119 e. The van der Waals surface area contributed by atoms with Gasteiger partial charge in [0.1, 0.15) is 12.4 Å². The molecule has 0 spiro atoms. The van der Waals surface area contributed by atoms with E-state index >= 15 is 0 Å². The molecule has 1 aliphatic rings. The molecule has 1 aromatic carbocycles. The second kappa shape index (κ2) is 18.4. The molecule has 6 heteroatoms. The normalized spacial score (nSPS) is 15.9. The molecule has 1 fully saturated rings. The van der Waals surface area contributed by atoms with Crippen LogP contribution in [0.5, 0.6) is 5.75 Å². The van der Waals surface area contributed by atoms with Crippen LogP contribution < -0.4 is 4.74 Å². The van der Waals surface area contributed by atoms with Crippen molar-refractivity contribution in [2.24, 2.45) is 0 Å². The van der Waals surface area contributed by atoms with Gasteiger partial charge in [0.25, 0.3) is 0 Å².